The van der Waals surface area contributed by atoms with E-state index >= 15 is 0 Å². The van der Waals surface area contributed by atoms with Crippen molar-refractivity contribution in [2.24, 2.45) is 5.92 Å². The lowest BCUT2D eigenvalue weighted by atomic mass is 10.4. The average Bonchev–Trinajstić information content (AvgIpc) is 3.07. The number of thiazole rings is 1. The smallest absolute Gasteiger partial charge is 0.357 e. The zero-order valence-electron chi connectivity index (χ0n) is 10.5. The Labute approximate surface area is 106 Å². The first kappa shape index (κ1) is 12.4. The van der Waals surface area contributed by atoms with E-state index in [2.05, 4.69) is 16.8 Å². The Kier molecular flexibility index (Phi) is 3.66. The highest BCUT2D eigenvalue weighted by molar-refractivity contribution is 7.15. The van der Waals surface area contributed by atoms with Crippen LogP contribution in [0.1, 0.15) is 35.1 Å². The first-order chi connectivity index (χ1) is 8.15. The number of methoxy groups -OCH3 is 1. The molecule has 0 spiro atoms. The molecule has 1 aromatic heterocycles. The molecule has 0 unspecified atom stereocenters. The van der Waals surface area contributed by atoms with Crippen molar-refractivity contribution in [2.75, 3.05) is 25.1 Å². The Hall–Kier alpha value is -1.10. The number of hydrogen-bond donors (Lipinski definition) is 0. The number of rotatable bonds is 5. The van der Waals surface area contributed by atoms with Gasteiger partial charge in [-0.25, -0.2) is 9.78 Å². The van der Waals surface area contributed by atoms with Gasteiger partial charge >= 0.3 is 5.97 Å². The summed E-state index contributed by atoms with van der Waals surface area (Å²) in [5, 5.41) is 0.942. The maximum absolute atomic E-state index is 11.5. The van der Waals surface area contributed by atoms with Gasteiger partial charge in [-0.15, -0.1) is 11.3 Å². The molecule has 0 amide bonds. The molecule has 0 aliphatic heterocycles. The van der Waals surface area contributed by atoms with Crippen molar-refractivity contribution in [3.8, 4) is 0 Å². The minimum Gasteiger partial charge on any atom is -0.464 e. The third-order valence-corrected chi connectivity index (χ3v) is 4.02. The van der Waals surface area contributed by atoms with Crippen molar-refractivity contribution in [1.29, 1.82) is 0 Å². The van der Waals surface area contributed by atoms with Crippen LogP contribution in [0.5, 0.6) is 0 Å². The molecular formula is C12H18N2O2S. The fourth-order valence-electron chi connectivity index (χ4n) is 1.76. The second-order valence-corrected chi connectivity index (χ2v) is 5.56. The molecule has 1 aromatic rings. The van der Waals surface area contributed by atoms with E-state index in [-0.39, 0.29) is 5.97 Å². The number of carbonyl (C=O) groups excluding carboxylic acids is 1. The van der Waals surface area contributed by atoms with Gasteiger partial charge in [-0.05, 0) is 32.6 Å². The third kappa shape index (κ3) is 2.77. The van der Waals surface area contributed by atoms with Gasteiger partial charge in [-0.3, -0.25) is 0 Å². The van der Waals surface area contributed by atoms with Crippen molar-refractivity contribution >= 4 is 22.4 Å². The highest BCUT2D eigenvalue weighted by Crippen LogP contribution is 2.33. The standard InChI is InChI=1S/C12H18N2O2S/c1-4-14(7-9-5-6-9)12-13-10(8(2)17-12)11(15)16-3/h9H,4-7H2,1-3H3. The van der Waals surface area contributed by atoms with Gasteiger partial charge < -0.3 is 9.64 Å². The average molecular weight is 254 g/mol. The maximum Gasteiger partial charge on any atom is 0.357 e. The number of carbonyl (C=O) groups is 1. The second kappa shape index (κ2) is 5.04. The number of aromatic nitrogens is 1. The summed E-state index contributed by atoms with van der Waals surface area (Å²) in [6.45, 7) is 6.03. The van der Waals surface area contributed by atoms with Crippen LogP contribution < -0.4 is 4.90 Å². The van der Waals surface area contributed by atoms with Crippen LogP contribution in [0.2, 0.25) is 0 Å². The Bertz CT molecular complexity index is 413. The van der Waals surface area contributed by atoms with Gasteiger partial charge in [0.05, 0.1) is 7.11 Å². The Morgan fingerprint density at radius 3 is 2.82 bits per heavy atom. The summed E-state index contributed by atoms with van der Waals surface area (Å²) in [5.41, 5.74) is 0.460. The van der Waals surface area contributed by atoms with Crippen molar-refractivity contribution in [3.05, 3.63) is 10.6 Å². The van der Waals surface area contributed by atoms with Gasteiger partial charge in [0, 0.05) is 18.0 Å². The Morgan fingerprint density at radius 1 is 1.59 bits per heavy atom. The van der Waals surface area contributed by atoms with E-state index in [0.717, 1.165) is 29.0 Å². The van der Waals surface area contributed by atoms with Gasteiger partial charge in [0.15, 0.2) is 10.8 Å². The number of nitrogens with zero attached hydrogens (tertiary/aromatic N) is 2. The fraction of sp³-hybridized carbons (Fsp3) is 0.667. The molecule has 5 heteroatoms. The van der Waals surface area contributed by atoms with Crippen molar-refractivity contribution in [2.45, 2.75) is 26.7 Å². The van der Waals surface area contributed by atoms with E-state index in [1.165, 1.54) is 20.0 Å². The van der Waals surface area contributed by atoms with Crippen LogP contribution in [0.4, 0.5) is 5.13 Å². The zero-order chi connectivity index (χ0) is 12.4. The molecule has 1 aliphatic rings. The number of hydrogen-bond acceptors (Lipinski definition) is 5. The second-order valence-electron chi connectivity index (χ2n) is 4.37. The molecular weight excluding hydrogens is 236 g/mol. The van der Waals surface area contributed by atoms with E-state index in [9.17, 15) is 4.79 Å². The predicted octanol–water partition coefficient (Wildman–Crippen LogP) is 2.47. The first-order valence-electron chi connectivity index (χ1n) is 5.96. The summed E-state index contributed by atoms with van der Waals surface area (Å²) in [6.07, 6.45) is 2.65. The molecule has 0 bridgehead atoms. The van der Waals surface area contributed by atoms with Crippen LogP contribution in [-0.4, -0.2) is 31.2 Å². The summed E-state index contributed by atoms with van der Waals surface area (Å²) < 4.78 is 4.72. The van der Waals surface area contributed by atoms with Crippen molar-refractivity contribution in [1.82, 2.24) is 4.98 Å². The van der Waals surface area contributed by atoms with Gasteiger partial charge in [-0.2, -0.15) is 0 Å². The molecule has 0 saturated heterocycles. The SMILES string of the molecule is CCN(CC1CC1)c1nc(C(=O)OC)c(C)s1. The van der Waals surface area contributed by atoms with Crippen LogP contribution in [0.25, 0.3) is 0 Å². The minimum absolute atomic E-state index is 0.340. The van der Waals surface area contributed by atoms with E-state index in [4.69, 9.17) is 4.74 Å². The number of esters is 1. The molecule has 1 saturated carbocycles. The summed E-state index contributed by atoms with van der Waals surface area (Å²) in [5.74, 6) is 0.480. The van der Waals surface area contributed by atoms with E-state index < -0.39 is 0 Å². The largest absolute Gasteiger partial charge is 0.464 e. The lowest BCUT2D eigenvalue weighted by molar-refractivity contribution is 0.0594. The van der Waals surface area contributed by atoms with E-state index in [0.29, 0.717) is 5.69 Å². The van der Waals surface area contributed by atoms with Crippen LogP contribution >= 0.6 is 11.3 Å². The predicted molar refractivity (Wildman–Crippen MR) is 68.8 cm³/mol. The third-order valence-electron chi connectivity index (χ3n) is 2.99. The molecule has 0 N–H and O–H groups in total. The van der Waals surface area contributed by atoms with Crippen LogP contribution in [0.3, 0.4) is 0 Å². The zero-order valence-corrected chi connectivity index (χ0v) is 11.3. The summed E-state index contributed by atoms with van der Waals surface area (Å²) >= 11 is 1.57. The van der Waals surface area contributed by atoms with Gasteiger partial charge in [-0.1, -0.05) is 0 Å². The van der Waals surface area contributed by atoms with E-state index in [1.807, 2.05) is 6.92 Å². The van der Waals surface area contributed by atoms with Gasteiger partial charge in [0.25, 0.3) is 0 Å². The van der Waals surface area contributed by atoms with Crippen molar-refractivity contribution < 1.29 is 9.53 Å². The molecule has 0 radical (unpaired) electrons. The molecule has 4 nitrogen and oxygen atoms in total. The number of aryl methyl sites for hydroxylation is 1. The molecule has 94 valence electrons. The Balaban J connectivity index is 2.16. The summed E-state index contributed by atoms with van der Waals surface area (Å²) in [6, 6.07) is 0. The molecule has 2 rings (SSSR count). The monoisotopic (exact) mass is 254 g/mol. The highest BCUT2D eigenvalue weighted by atomic mass is 32.1. The minimum atomic E-state index is -0.340. The molecule has 1 fully saturated rings. The molecule has 17 heavy (non-hydrogen) atoms. The van der Waals surface area contributed by atoms with Crippen LogP contribution in [0.15, 0.2) is 0 Å². The quantitative estimate of drug-likeness (QED) is 0.757. The van der Waals surface area contributed by atoms with Gasteiger partial charge in [0.2, 0.25) is 0 Å². The normalized spacial score (nSPS) is 14.8. The van der Waals surface area contributed by atoms with Crippen LogP contribution in [-0.2, 0) is 4.74 Å². The number of anilines is 1. The molecule has 1 heterocycles. The fourth-order valence-corrected chi connectivity index (χ4v) is 2.73. The lowest BCUT2D eigenvalue weighted by Crippen LogP contribution is -2.25. The molecule has 1 aliphatic carbocycles. The number of ether oxygens (including phenoxy) is 1. The lowest BCUT2D eigenvalue weighted by Gasteiger charge is -2.19. The van der Waals surface area contributed by atoms with E-state index in [1.54, 1.807) is 11.3 Å². The summed E-state index contributed by atoms with van der Waals surface area (Å²) in [7, 11) is 1.39. The molecule has 0 aromatic carbocycles. The van der Waals surface area contributed by atoms with Crippen molar-refractivity contribution in [3.63, 3.8) is 0 Å². The van der Waals surface area contributed by atoms with Gasteiger partial charge in [0.1, 0.15) is 0 Å². The molecule has 0 atom stereocenters. The topological polar surface area (TPSA) is 42.4 Å². The summed E-state index contributed by atoms with van der Waals surface area (Å²) in [4.78, 5) is 19.1. The first-order valence-corrected chi connectivity index (χ1v) is 6.78. The maximum atomic E-state index is 11.5. The van der Waals surface area contributed by atoms with Crippen LogP contribution in [0, 0.1) is 12.8 Å². The highest BCUT2D eigenvalue weighted by Gasteiger charge is 2.26. The Morgan fingerprint density at radius 2 is 2.29 bits per heavy atom.